The Hall–Kier alpha value is -0.210. The van der Waals surface area contributed by atoms with E-state index in [-0.39, 0.29) is 12.2 Å². The van der Waals surface area contributed by atoms with E-state index in [1.807, 2.05) is 55.1 Å². The van der Waals surface area contributed by atoms with E-state index < -0.39 is 11.6 Å². The van der Waals surface area contributed by atoms with Crippen LogP contribution in [0.1, 0.15) is 31.9 Å². The van der Waals surface area contributed by atoms with Crippen LogP contribution in [0.25, 0.3) is 0 Å². The minimum Gasteiger partial charge on any atom is -0.344 e. The van der Waals surface area contributed by atoms with Crippen molar-refractivity contribution in [2.45, 2.75) is 44.1 Å². The van der Waals surface area contributed by atoms with Gasteiger partial charge < -0.3 is 14.2 Å². The van der Waals surface area contributed by atoms with Gasteiger partial charge in [-0.15, -0.1) is 0 Å². The van der Waals surface area contributed by atoms with E-state index >= 15 is 0 Å². The minimum absolute atomic E-state index is 0.0605. The summed E-state index contributed by atoms with van der Waals surface area (Å²) < 4.78 is 22.8. The third kappa shape index (κ3) is 2.95. The fraction of sp³-hybridized carbons (Fsp3) is 0.571. The third-order valence-electron chi connectivity index (χ3n) is 3.43. The van der Waals surface area contributed by atoms with Gasteiger partial charge in [0.1, 0.15) is 35.7 Å². The van der Waals surface area contributed by atoms with Crippen molar-refractivity contribution in [3.05, 3.63) is 35.9 Å². The van der Waals surface area contributed by atoms with Gasteiger partial charge in [-0.3, -0.25) is 3.07 Å². The molecule has 2 heterocycles. The molecule has 0 radical (unpaired) electrons. The first-order valence-electron chi connectivity index (χ1n) is 6.38. The van der Waals surface area contributed by atoms with E-state index in [1.54, 1.807) is 0 Å². The van der Waals surface area contributed by atoms with Gasteiger partial charge in [0.15, 0.2) is 5.79 Å². The summed E-state index contributed by atoms with van der Waals surface area (Å²) in [4.78, 5) is 0. The number of epoxide rings is 1. The summed E-state index contributed by atoms with van der Waals surface area (Å²) >= 11 is 1.89. The SMILES string of the molecule is CC1(C)O[C@H](c2ccccc2)[C@@H](CC2(OI)CO2)O1. The predicted octanol–water partition coefficient (Wildman–Crippen LogP) is 3.36. The highest BCUT2D eigenvalue weighted by Crippen LogP contribution is 2.45. The zero-order valence-electron chi connectivity index (χ0n) is 11.0. The number of halogens is 1. The summed E-state index contributed by atoms with van der Waals surface area (Å²) in [7, 11) is 0. The summed E-state index contributed by atoms with van der Waals surface area (Å²) in [6, 6.07) is 10.2. The molecule has 3 rings (SSSR count). The molecule has 3 atom stereocenters. The Labute approximate surface area is 127 Å². The van der Waals surface area contributed by atoms with Crippen LogP contribution in [0.5, 0.6) is 0 Å². The van der Waals surface area contributed by atoms with Crippen molar-refractivity contribution in [3.8, 4) is 0 Å². The average Bonchev–Trinajstić information content (AvgIpc) is 3.09. The highest BCUT2D eigenvalue weighted by atomic mass is 127. The maximum absolute atomic E-state index is 6.03. The number of rotatable bonds is 4. The molecule has 1 aromatic carbocycles. The summed E-state index contributed by atoms with van der Waals surface area (Å²) in [5.41, 5.74) is 1.13. The van der Waals surface area contributed by atoms with Gasteiger partial charge in [-0.05, 0) is 19.4 Å². The van der Waals surface area contributed by atoms with Gasteiger partial charge in [-0.2, -0.15) is 0 Å². The number of ether oxygens (including phenoxy) is 3. The molecule has 19 heavy (non-hydrogen) atoms. The molecule has 4 nitrogen and oxygen atoms in total. The number of hydrogen-bond donors (Lipinski definition) is 0. The lowest BCUT2D eigenvalue weighted by atomic mass is 10.0. The van der Waals surface area contributed by atoms with Crippen molar-refractivity contribution in [2.24, 2.45) is 0 Å². The average molecular weight is 376 g/mol. The van der Waals surface area contributed by atoms with Crippen molar-refractivity contribution in [1.29, 1.82) is 0 Å². The smallest absolute Gasteiger partial charge is 0.205 e. The van der Waals surface area contributed by atoms with Crippen molar-refractivity contribution in [2.75, 3.05) is 6.61 Å². The zero-order chi connectivity index (χ0) is 13.5. The molecule has 5 heteroatoms. The van der Waals surface area contributed by atoms with Gasteiger partial charge in [0.25, 0.3) is 0 Å². The molecule has 0 aromatic heterocycles. The van der Waals surface area contributed by atoms with Crippen molar-refractivity contribution in [1.82, 2.24) is 0 Å². The van der Waals surface area contributed by atoms with E-state index in [2.05, 4.69) is 12.1 Å². The van der Waals surface area contributed by atoms with Gasteiger partial charge in [-0.1, -0.05) is 30.3 Å². The second-order valence-corrected chi connectivity index (χ2v) is 5.93. The van der Waals surface area contributed by atoms with Gasteiger partial charge in [0.2, 0.25) is 5.79 Å². The molecule has 2 aliphatic rings. The first-order chi connectivity index (χ1) is 9.04. The summed E-state index contributed by atoms with van der Waals surface area (Å²) in [5.74, 6) is -1.06. The molecule has 0 aliphatic carbocycles. The molecule has 2 fully saturated rings. The lowest BCUT2D eigenvalue weighted by Crippen LogP contribution is -2.26. The lowest BCUT2D eigenvalue weighted by Gasteiger charge is -2.19. The standard InChI is InChI=1S/C14H17IO4/c1-13(2)17-11(8-14(19-15)9-16-14)12(18-13)10-6-4-3-5-7-10/h3-7,11-12H,8-9H2,1-2H3/t11-,12-,14?/m1/s1. The van der Waals surface area contributed by atoms with Crippen LogP contribution in [-0.2, 0) is 17.3 Å². The molecule has 0 bridgehead atoms. The van der Waals surface area contributed by atoms with Gasteiger partial charge >= 0.3 is 0 Å². The molecule has 0 saturated carbocycles. The maximum atomic E-state index is 6.03. The lowest BCUT2D eigenvalue weighted by molar-refractivity contribution is -0.149. The second-order valence-electron chi connectivity index (χ2n) is 5.49. The zero-order valence-corrected chi connectivity index (χ0v) is 13.1. The maximum Gasteiger partial charge on any atom is 0.205 e. The Morgan fingerprint density at radius 1 is 1.26 bits per heavy atom. The second kappa shape index (κ2) is 4.96. The van der Waals surface area contributed by atoms with Crippen LogP contribution in [0.2, 0.25) is 0 Å². The van der Waals surface area contributed by atoms with Crippen LogP contribution in [0, 0.1) is 0 Å². The van der Waals surface area contributed by atoms with Gasteiger partial charge in [0.05, 0.1) is 6.10 Å². The van der Waals surface area contributed by atoms with Gasteiger partial charge in [0, 0.05) is 6.42 Å². The summed E-state index contributed by atoms with van der Waals surface area (Å²) in [5, 5.41) is 0. The fourth-order valence-corrected chi connectivity index (χ4v) is 2.92. The molecular weight excluding hydrogens is 359 g/mol. The fourth-order valence-electron chi connectivity index (χ4n) is 2.49. The molecule has 0 N–H and O–H groups in total. The Kier molecular flexibility index (Phi) is 3.59. The topological polar surface area (TPSA) is 40.2 Å². The predicted molar refractivity (Wildman–Crippen MR) is 77.6 cm³/mol. The Bertz CT molecular complexity index is 444. The molecule has 0 amide bonds. The van der Waals surface area contributed by atoms with E-state index in [0.29, 0.717) is 13.0 Å². The first-order valence-corrected chi connectivity index (χ1v) is 7.26. The van der Waals surface area contributed by atoms with Crippen LogP contribution < -0.4 is 0 Å². The molecule has 2 aliphatic heterocycles. The monoisotopic (exact) mass is 376 g/mol. The van der Waals surface area contributed by atoms with Crippen molar-refractivity contribution in [3.63, 3.8) is 0 Å². The van der Waals surface area contributed by atoms with Crippen LogP contribution >= 0.6 is 23.0 Å². The van der Waals surface area contributed by atoms with Crippen LogP contribution in [0.3, 0.4) is 0 Å². The Morgan fingerprint density at radius 2 is 1.95 bits per heavy atom. The number of benzene rings is 1. The van der Waals surface area contributed by atoms with Gasteiger partial charge in [-0.25, -0.2) is 0 Å². The molecule has 0 spiro atoms. The highest BCUT2D eigenvalue weighted by Gasteiger charge is 2.53. The minimum atomic E-state index is -0.577. The Morgan fingerprint density at radius 3 is 2.53 bits per heavy atom. The van der Waals surface area contributed by atoms with Crippen LogP contribution in [0.4, 0.5) is 0 Å². The number of hydrogen-bond acceptors (Lipinski definition) is 4. The third-order valence-corrected chi connectivity index (χ3v) is 4.23. The molecule has 2 saturated heterocycles. The molecular formula is C14H17IO4. The van der Waals surface area contributed by atoms with Crippen molar-refractivity contribution < 1.29 is 17.3 Å². The quantitative estimate of drug-likeness (QED) is 0.597. The van der Waals surface area contributed by atoms with E-state index in [0.717, 1.165) is 5.56 Å². The first kappa shape index (κ1) is 13.8. The van der Waals surface area contributed by atoms with E-state index in [1.165, 1.54) is 0 Å². The molecule has 1 unspecified atom stereocenters. The van der Waals surface area contributed by atoms with Crippen molar-refractivity contribution >= 4 is 23.0 Å². The summed E-state index contributed by atoms with van der Waals surface area (Å²) in [6.45, 7) is 4.50. The van der Waals surface area contributed by atoms with Crippen LogP contribution in [-0.4, -0.2) is 24.3 Å². The Balaban J connectivity index is 1.80. The normalized spacial score (nSPS) is 36.4. The molecule has 104 valence electrons. The van der Waals surface area contributed by atoms with E-state index in [9.17, 15) is 0 Å². The largest absolute Gasteiger partial charge is 0.344 e. The van der Waals surface area contributed by atoms with Crippen LogP contribution in [0.15, 0.2) is 30.3 Å². The molecule has 1 aromatic rings. The highest BCUT2D eigenvalue weighted by molar-refractivity contribution is 14.1. The summed E-state index contributed by atoms with van der Waals surface area (Å²) in [6.07, 6.45) is 0.539. The van der Waals surface area contributed by atoms with E-state index in [4.69, 9.17) is 17.3 Å².